The summed E-state index contributed by atoms with van der Waals surface area (Å²) >= 11 is 0. The van der Waals surface area contributed by atoms with Crippen LogP contribution in [0.2, 0.25) is 0 Å². The molecule has 3 fully saturated rings. The number of allylic oxidation sites excluding steroid dienone is 2. The second kappa shape index (κ2) is 7.26. The zero-order chi connectivity index (χ0) is 19.1. The standard InChI is InChI=1S/C20H31N5O2/c1-12(24(3)15-6-7-15)11-23-20(21-2)22-8-9-25-18(26)16-13-4-5-14(10-13)17(16)19(25)27/h4-5,12-17H,6-11H2,1-3H3,(H2,21,22,23). The van der Waals surface area contributed by atoms with E-state index in [0.29, 0.717) is 25.1 Å². The van der Waals surface area contributed by atoms with Crippen molar-refractivity contribution in [2.45, 2.75) is 38.3 Å². The molecule has 5 unspecified atom stereocenters. The van der Waals surface area contributed by atoms with Gasteiger partial charge >= 0.3 is 0 Å². The van der Waals surface area contributed by atoms with Crippen molar-refractivity contribution in [1.82, 2.24) is 20.4 Å². The molecule has 1 aliphatic heterocycles. The SMILES string of the molecule is CN=C(NCCN1C(=O)C2C3C=CC(C3)C2C1=O)NCC(C)N(C)C1CC1. The number of imide groups is 1. The third-order valence-corrected chi connectivity index (χ3v) is 6.80. The number of rotatable bonds is 7. The fraction of sp³-hybridized carbons (Fsp3) is 0.750. The lowest BCUT2D eigenvalue weighted by Gasteiger charge is -2.25. The van der Waals surface area contributed by atoms with Crippen molar-refractivity contribution >= 4 is 17.8 Å². The molecule has 4 aliphatic rings. The van der Waals surface area contributed by atoms with Crippen LogP contribution in [0.15, 0.2) is 17.1 Å². The fourth-order valence-electron chi connectivity index (χ4n) is 4.92. The minimum atomic E-state index is -0.108. The van der Waals surface area contributed by atoms with E-state index in [2.05, 4.69) is 46.6 Å². The maximum absolute atomic E-state index is 12.7. The molecule has 7 heteroatoms. The van der Waals surface area contributed by atoms with Gasteiger partial charge in [0.1, 0.15) is 0 Å². The van der Waals surface area contributed by atoms with Crippen LogP contribution in [0.4, 0.5) is 0 Å². The highest BCUT2D eigenvalue weighted by atomic mass is 16.2. The molecule has 2 N–H and O–H groups in total. The molecule has 1 saturated heterocycles. The topological polar surface area (TPSA) is 77.0 Å². The third kappa shape index (κ3) is 3.37. The summed E-state index contributed by atoms with van der Waals surface area (Å²) in [6.45, 7) is 3.95. The van der Waals surface area contributed by atoms with Crippen molar-refractivity contribution in [1.29, 1.82) is 0 Å². The molecule has 27 heavy (non-hydrogen) atoms. The number of carbonyl (C=O) groups excluding carboxylic acids is 2. The normalized spacial score (nSPS) is 33.2. The van der Waals surface area contributed by atoms with Gasteiger partial charge in [-0.1, -0.05) is 12.2 Å². The van der Waals surface area contributed by atoms with E-state index in [1.165, 1.54) is 17.7 Å². The van der Waals surface area contributed by atoms with Crippen molar-refractivity contribution in [3.8, 4) is 0 Å². The quantitative estimate of drug-likeness (QED) is 0.293. The Labute approximate surface area is 161 Å². The molecule has 1 heterocycles. The Hall–Kier alpha value is -1.89. The summed E-state index contributed by atoms with van der Waals surface area (Å²) in [6, 6.07) is 1.16. The first-order valence-corrected chi connectivity index (χ1v) is 10.2. The molecule has 0 aromatic rings. The summed E-state index contributed by atoms with van der Waals surface area (Å²) in [7, 11) is 3.91. The van der Waals surface area contributed by atoms with Crippen LogP contribution in [-0.2, 0) is 9.59 Å². The Balaban J connectivity index is 1.23. The van der Waals surface area contributed by atoms with Gasteiger partial charge in [0.05, 0.1) is 11.8 Å². The van der Waals surface area contributed by atoms with Gasteiger partial charge in [0, 0.05) is 38.8 Å². The fourth-order valence-corrected chi connectivity index (χ4v) is 4.92. The molecule has 0 radical (unpaired) electrons. The number of hydrogen-bond donors (Lipinski definition) is 2. The lowest BCUT2D eigenvalue weighted by atomic mass is 9.85. The van der Waals surface area contributed by atoms with E-state index in [9.17, 15) is 9.59 Å². The van der Waals surface area contributed by atoms with Gasteiger partial charge in [0.25, 0.3) is 0 Å². The molecule has 4 rings (SSSR count). The van der Waals surface area contributed by atoms with Crippen molar-refractivity contribution in [3.63, 3.8) is 0 Å². The number of nitrogens with one attached hydrogen (secondary N) is 2. The molecular weight excluding hydrogens is 342 g/mol. The van der Waals surface area contributed by atoms with Crippen molar-refractivity contribution < 1.29 is 9.59 Å². The number of aliphatic imine (C=N–C) groups is 1. The van der Waals surface area contributed by atoms with Crippen LogP contribution in [-0.4, -0.2) is 73.4 Å². The van der Waals surface area contributed by atoms with E-state index >= 15 is 0 Å². The Morgan fingerprint density at radius 2 is 1.85 bits per heavy atom. The van der Waals surface area contributed by atoms with Crippen LogP contribution in [0.5, 0.6) is 0 Å². The summed E-state index contributed by atoms with van der Waals surface area (Å²) in [6.07, 6.45) is 7.83. The van der Waals surface area contributed by atoms with Gasteiger partial charge < -0.3 is 10.6 Å². The highest BCUT2D eigenvalue weighted by Gasteiger charge is 2.58. The van der Waals surface area contributed by atoms with Gasteiger partial charge in [-0.2, -0.15) is 0 Å². The second-order valence-corrected chi connectivity index (χ2v) is 8.45. The van der Waals surface area contributed by atoms with Crippen molar-refractivity contribution in [2.75, 3.05) is 33.7 Å². The third-order valence-electron chi connectivity index (χ3n) is 6.80. The van der Waals surface area contributed by atoms with Crippen LogP contribution < -0.4 is 10.6 Å². The van der Waals surface area contributed by atoms with Crippen LogP contribution in [0.1, 0.15) is 26.2 Å². The van der Waals surface area contributed by atoms with Gasteiger partial charge in [0.15, 0.2) is 5.96 Å². The number of nitrogens with zero attached hydrogens (tertiary/aromatic N) is 3. The predicted octanol–water partition coefficient (Wildman–Crippen LogP) is 0.441. The van der Waals surface area contributed by atoms with Gasteiger partial charge in [-0.05, 0) is 45.1 Å². The number of hydrogen-bond acceptors (Lipinski definition) is 4. The summed E-state index contributed by atoms with van der Waals surface area (Å²) < 4.78 is 0. The molecule has 148 valence electrons. The number of carbonyl (C=O) groups is 2. The second-order valence-electron chi connectivity index (χ2n) is 8.45. The molecule has 2 bridgehead atoms. The largest absolute Gasteiger partial charge is 0.355 e. The molecule has 2 saturated carbocycles. The Morgan fingerprint density at radius 1 is 1.22 bits per heavy atom. The lowest BCUT2D eigenvalue weighted by Crippen LogP contribution is -2.47. The first kappa shape index (κ1) is 18.5. The van der Waals surface area contributed by atoms with Crippen LogP contribution in [0.25, 0.3) is 0 Å². The van der Waals surface area contributed by atoms with Gasteiger partial charge in [-0.15, -0.1) is 0 Å². The van der Waals surface area contributed by atoms with Crippen LogP contribution >= 0.6 is 0 Å². The number of guanidine groups is 1. The highest BCUT2D eigenvalue weighted by Crippen LogP contribution is 2.52. The van der Waals surface area contributed by atoms with Crippen LogP contribution in [0, 0.1) is 23.7 Å². The number of likely N-dealkylation sites (N-methyl/N-ethyl adjacent to an activating group) is 1. The molecule has 0 aromatic carbocycles. The van der Waals surface area contributed by atoms with E-state index in [1.807, 2.05) is 0 Å². The van der Waals surface area contributed by atoms with Gasteiger partial charge in [-0.3, -0.25) is 24.4 Å². The van der Waals surface area contributed by atoms with E-state index in [0.717, 1.165) is 19.0 Å². The van der Waals surface area contributed by atoms with Crippen LogP contribution in [0.3, 0.4) is 0 Å². The summed E-state index contributed by atoms with van der Waals surface area (Å²) in [5.41, 5.74) is 0. The molecule has 3 aliphatic carbocycles. The number of amides is 2. The first-order valence-electron chi connectivity index (χ1n) is 10.2. The molecular formula is C20H31N5O2. The average Bonchev–Trinajstić information content (AvgIpc) is 3.24. The lowest BCUT2D eigenvalue weighted by molar-refractivity contribution is -0.140. The molecule has 0 aromatic heterocycles. The predicted molar refractivity (Wildman–Crippen MR) is 104 cm³/mol. The van der Waals surface area contributed by atoms with Gasteiger partial charge in [-0.25, -0.2) is 0 Å². The smallest absolute Gasteiger partial charge is 0.233 e. The number of fused-ring (bicyclic) bond motifs is 5. The van der Waals surface area contributed by atoms with E-state index in [-0.39, 0.29) is 35.5 Å². The summed E-state index contributed by atoms with van der Waals surface area (Å²) in [5.74, 6) is 1.08. The summed E-state index contributed by atoms with van der Waals surface area (Å²) in [5, 5.41) is 6.58. The monoisotopic (exact) mass is 373 g/mol. The Bertz CT molecular complexity index is 641. The minimum Gasteiger partial charge on any atom is -0.355 e. The molecule has 7 nitrogen and oxygen atoms in total. The summed E-state index contributed by atoms with van der Waals surface area (Å²) in [4.78, 5) is 33.5. The minimum absolute atomic E-state index is 0.0197. The Morgan fingerprint density at radius 3 is 2.41 bits per heavy atom. The zero-order valence-corrected chi connectivity index (χ0v) is 16.5. The zero-order valence-electron chi connectivity index (χ0n) is 16.5. The van der Waals surface area contributed by atoms with Gasteiger partial charge in [0.2, 0.25) is 11.8 Å². The van der Waals surface area contributed by atoms with E-state index in [1.54, 1.807) is 7.05 Å². The highest BCUT2D eigenvalue weighted by molar-refractivity contribution is 6.06. The maximum atomic E-state index is 12.7. The molecule has 0 spiro atoms. The Kier molecular flexibility index (Phi) is 4.97. The van der Waals surface area contributed by atoms with E-state index < -0.39 is 0 Å². The average molecular weight is 374 g/mol. The maximum Gasteiger partial charge on any atom is 0.233 e. The van der Waals surface area contributed by atoms with Crippen molar-refractivity contribution in [3.05, 3.63) is 12.2 Å². The number of likely N-dealkylation sites (tertiary alicyclic amines) is 1. The molecule has 2 amide bonds. The molecule has 5 atom stereocenters. The van der Waals surface area contributed by atoms with E-state index in [4.69, 9.17) is 0 Å². The van der Waals surface area contributed by atoms with Crippen molar-refractivity contribution in [2.24, 2.45) is 28.7 Å². The first-order chi connectivity index (χ1) is 13.0.